The zero-order valence-corrected chi connectivity index (χ0v) is 73.8. The third kappa shape index (κ3) is 35.4. The van der Waals surface area contributed by atoms with Crippen molar-refractivity contribution in [3.63, 3.8) is 0 Å². The Morgan fingerprint density at radius 2 is 0.628 bits per heavy atom. The Kier molecular flexibility index (Phi) is 44.5. The molecule has 8 fully saturated rings. The first-order valence-corrected chi connectivity index (χ1v) is 43.6. The zero-order chi connectivity index (χ0) is 93.2. The minimum Gasteiger partial charge on any atom is -0.408 e. The van der Waals surface area contributed by atoms with E-state index < -0.39 is 18.1 Å². The normalized spacial score (nSPS) is 17.0. The summed E-state index contributed by atoms with van der Waals surface area (Å²) in [5.41, 5.74) is 20.3. The molecule has 40 nitrogen and oxygen atoms in total. The largest absolute Gasteiger partial charge is 0.420 e. The van der Waals surface area contributed by atoms with Crippen molar-refractivity contribution >= 4 is 127 Å². The van der Waals surface area contributed by atoms with Crippen LogP contribution < -0.4 is 75.3 Å². The van der Waals surface area contributed by atoms with Crippen LogP contribution in [0.3, 0.4) is 0 Å². The van der Waals surface area contributed by atoms with E-state index in [1.165, 1.54) is 0 Å². The number of nitrogens with zero attached hydrogens (tertiary/aromatic N) is 12. The number of hydrogen-bond donors (Lipinski definition) is 11. The molecule has 0 aliphatic carbocycles. The van der Waals surface area contributed by atoms with Crippen LogP contribution in [0, 0.1) is 0 Å². The molecule has 9 heterocycles. The molecule has 0 unspecified atom stereocenters. The van der Waals surface area contributed by atoms with Gasteiger partial charge in [-0.1, -0.05) is 84.9 Å². The number of piperidine rings is 8. The first-order chi connectivity index (χ1) is 62.4. The summed E-state index contributed by atoms with van der Waals surface area (Å²) in [6.07, 6.45) is 19.7. The van der Waals surface area contributed by atoms with E-state index in [0.29, 0.717) is 84.1 Å². The van der Waals surface area contributed by atoms with E-state index >= 15 is 0 Å². The minimum absolute atomic E-state index is 0.0705. The van der Waals surface area contributed by atoms with Crippen molar-refractivity contribution < 1.29 is 76.3 Å². The maximum atomic E-state index is 12.9. The summed E-state index contributed by atoms with van der Waals surface area (Å²) >= 11 is 0. The molecule has 22 amide bonds. The lowest BCUT2D eigenvalue weighted by Crippen LogP contribution is -2.49. The monoisotopic (exact) mass is 1790 g/mol. The van der Waals surface area contributed by atoms with Crippen LogP contribution in [0.2, 0.25) is 0 Å². The quantitative estimate of drug-likeness (QED) is 0.0431. The lowest BCUT2D eigenvalue weighted by atomic mass is 10.0. The number of carbonyl (C=O) groups is 15. The Balaban J connectivity index is 0.000000204. The Hall–Kier alpha value is -14.0. The van der Waals surface area contributed by atoms with Crippen LogP contribution in [-0.4, -0.2) is 310 Å². The molecule has 129 heavy (non-hydrogen) atoms. The number of oxazole rings is 1. The van der Waals surface area contributed by atoms with E-state index in [4.69, 9.17) is 21.6 Å². The van der Waals surface area contributed by atoms with E-state index in [2.05, 4.69) is 42.5 Å². The van der Waals surface area contributed by atoms with Gasteiger partial charge in [-0.15, -0.1) is 0 Å². The van der Waals surface area contributed by atoms with Crippen LogP contribution in [0.4, 0.5) is 56.3 Å². The van der Waals surface area contributed by atoms with Gasteiger partial charge in [0, 0.05) is 197 Å². The van der Waals surface area contributed by atoms with Gasteiger partial charge in [-0.05, 0) is 163 Å². The number of primary amides is 3. The van der Waals surface area contributed by atoms with E-state index in [1.807, 2.05) is 144 Å². The molecule has 700 valence electrons. The summed E-state index contributed by atoms with van der Waals surface area (Å²) in [4.78, 5) is 194. The fourth-order valence-corrected chi connectivity index (χ4v) is 15.7. The molecule has 1 aromatic heterocycles. The van der Waals surface area contributed by atoms with E-state index in [1.54, 1.807) is 80.8 Å². The lowest BCUT2D eigenvalue weighted by molar-refractivity contribution is -0.120. The number of aromatic nitrogens is 1. The summed E-state index contributed by atoms with van der Waals surface area (Å²) in [5.74, 6) is -0.305. The number of rotatable bonds is 20. The van der Waals surface area contributed by atoms with Gasteiger partial charge in [-0.25, -0.2) is 38.4 Å². The average Bonchev–Trinajstić information content (AvgIpc) is 1.67. The Labute approximate surface area is 751 Å². The maximum absolute atomic E-state index is 12.9. The second-order valence-corrected chi connectivity index (χ2v) is 31.8. The van der Waals surface area contributed by atoms with E-state index in [0.717, 1.165) is 208 Å². The maximum Gasteiger partial charge on any atom is 0.420 e. The number of nitrogens with two attached hydrogens (primary N) is 3. The van der Waals surface area contributed by atoms with Crippen LogP contribution in [0.5, 0.6) is 0 Å². The molecule has 0 radical (unpaired) electrons. The van der Waals surface area contributed by atoms with Gasteiger partial charge in [-0.2, -0.15) is 0 Å². The molecule has 5 aromatic carbocycles. The van der Waals surface area contributed by atoms with Crippen LogP contribution in [0.1, 0.15) is 109 Å². The summed E-state index contributed by atoms with van der Waals surface area (Å²) < 4.78 is 6.95. The topological polar surface area (TPSA) is 501 Å². The van der Waals surface area contributed by atoms with Crippen LogP contribution in [-0.2, 0) is 38.4 Å². The number of hydrogen-bond acceptors (Lipinski definition) is 17. The van der Waals surface area contributed by atoms with Crippen molar-refractivity contribution in [1.29, 1.82) is 0 Å². The van der Waals surface area contributed by atoms with Gasteiger partial charge in [0.15, 0.2) is 5.58 Å². The summed E-state index contributed by atoms with van der Waals surface area (Å²) in [6, 6.07) is 44.5. The Morgan fingerprint density at radius 1 is 0.341 bits per heavy atom. The molecule has 8 aliphatic heterocycles. The highest BCUT2D eigenvalue weighted by Crippen LogP contribution is 2.28. The van der Waals surface area contributed by atoms with Gasteiger partial charge in [0.25, 0.3) is 0 Å². The van der Waals surface area contributed by atoms with Gasteiger partial charge < -0.3 is 108 Å². The Bertz CT molecular complexity index is 4420. The van der Waals surface area contributed by atoms with Crippen LogP contribution in [0.15, 0.2) is 155 Å². The SMILES string of the molecule is CN(C(N)=O)C1CCN(C=O)CC1.CNC(=O)NC1CCN(C=O)CC1.CNC(=O)NC1CCN(C=O)CC1.NC(=O)N(c1ccccc1)C1CCN(C=O)CC1.NC(=O)NC1CCN(C=O)CC1.O=CN1CCC(N(C(=O)Nc2ccccc2)c2ccccc2)CC1.O=CN1CCC(NC(=O)Nc2ccccc2)CC1.O=CN1CCC(n2c(=O)oc3ccccc32)CC1. The number of carbonyl (C=O) groups excluding carboxylic acids is 15. The second-order valence-electron chi connectivity index (χ2n) is 31.8. The van der Waals surface area contributed by atoms with Crippen molar-refractivity contribution in [2.24, 2.45) is 17.2 Å². The first kappa shape index (κ1) is 102. The number of likely N-dealkylation sites (tertiary alicyclic amines) is 8. The number of benzene rings is 5. The number of para-hydroxylation sites is 6. The van der Waals surface area contributed by atoms with Crippen molar-refractivity contribution in [1.82, 2.24) is 80.6 Å². The molecule has 0 atom stereocenters. The highest BCUT2D eigenvalue weighted by Gasteiger charge is 2.32. The lowest BCUT2D eigenvalue weighted by Gasteiger charge is -2.37. The molecule has 8 aliphatic rings. The number of urea groups is 7. The second kappa shape index (κ2) is 56.2. The molecule has 6 aromatic rings. The van der Waals surface area contributed by atoms with Crippen LogP contribution in [0.25, 0.3) is 11.1 Å². The predicted molar refractivity (Wildman–Crippen MR) is 488 cm³/mol. The Morgan fingerprint density at radius 3 is 0.961 bits per heavy atom. The smallest absolute Gasteiger partial charge is 0.408 e. The molecule has 0 spiro atoms. The van der Waals surface area contributed by atoms with Crippen molar-refractivity contribution in [3.8, 4) is 0 Å². The van der Waals surface area contributed by atoms with Gasteiger partial charge in [0.2, 0.25) is 51.3 Å². The number of amides is 22. The number of anilines is 4. The molecule has 0 bridgehead atoms. The fourth-order valence-electron chi connectivity index (χ4n) is 15.7. The van der Waals surface area contributed by atoms with Crippen molar-refractivity contribution in [2.45, 2.75) is 151 Å². The number of nitrogens with one attached hydrogen (secondary N) is 8. The van der Waals surface area contributed by atoms with Gasteiger partial charge in [0.05, 0.1) is 5.52 Å². The number of fused-ring (bicyclic) bond motifs is 1. The van der Waals surface area contributed by atoms with E-state index in [9.17, 15) is 76.7 Å². The standard InChI is InChI=1S/C19H21N3O2.2C13H17N3O2.C13H14N2O3.3C8H15N3O2.C7H13N3O2/c23-15-21-13-11-18(12-14-21)22(17-9-5-2-6-10-17)19(24)20-16-7-3-1-4-8-16;14-13(18)16(11-4-2-1-3-5-11)12-6-8-15(10-17)9-7-12;17-10-16-8-6-12(7-9-16)15-13(18)14-11-4-2-1-3-5-11;16-9-14-7-5-10(6-8-14)15-11-3-1-2-4-12(11)18-13(15)17;1-10(8(9)13)7-2-4-11(6-12)5-3-7;2*1-9-8(13)10-7-2-4-11(6-12)5-3-7;8-7(12)9-6-1-3-10(5-11)4-2-6/h1-10,15,18H,11-14H2,(H,20,24);1-5,10,12H,6-9H2,(H2,14,18);1-5,10,12H,6-9H2,(H2,14,15,18);1-4,9-10H,5-8H2;6-7H,2-5H2,1H3,(H2,9,13);2*6-7H,2-5H2,1H3,(H2,9,10,13);5-6H,1-4H2,(H3,8,9,12). The molecule has 14 N–H and O–H groups in total. The highest BCUT2D eigenvalue weighted by atomic mass is 16.4. The van der Waals surface area contributed by atoms with Crippen LogP contribution >= 0.6 is 0 Å². The fraction of sp³-hybridized carbons (Fsp3) is 0.483. The first-order valence-electron chi connectivity index (χ1n) is 43.6. The predicted octanol–water partition coefficient (Wildman–Crippen LogP) is 5.32. The molecular formula is C89H127N23O17. The molecule has 14 rings (SSSR count). The third-order valence-corrected chi connectivity index (χ3v) is 23.2. The van der Waals surface area contributed by atoms with Gasteiger partial charge in [0.1, 0.15) is 0 Å². The summed E-state index contributed by atoms with van der Waals surface area (Å²) in [6.45, 7) is 11.3. The highest BCUT2D eigenvalue weighted by molar-refractivity contribution is 6.02. The third-order valence-electron chi connectivity index (χ3n) is 23.2. The summed E-state index contributed by atoms with van der Waals surface area (Å²) in [5, 5.41) is 21.9. The molecule has 0 saturated carbocycles. The van der Waals surface area contributed by atoms with Gasteiger partial charge in [-0.3, -0.25) is 52.7 Å². The van der Waals surface area contributed by atoms with Crippen molar-refractivity contribution in [2.75, 3.05) is 146 Å². The van der Waals surface area contributed by atoms with Crippen molar-refractivity contribution in [3.05, 3.63) is 156 Å². The summed E-state index contributed by atoms with van der Waals surface area (Å²) in [7, 11) is 4.88. The minimum atomic E-state index is -0.487. The molecular weight excluding hydrogens is 1660 g/mol. The van der Waals surface area contributed by atoms with E-state index in [-0.39, 0.29) is 78.2 Å². The average molecular weight is 1790 g/mol. The zero-order valence-electron chi connectivity index (χ0n) is 73.8. The molecule has 40 heteroatoms. The molecule has 8 saturated heterocycles. The van der Waals surface area contributed by atoms with Gasteiger partial charge >= 0.3 is 48.0 Å².